The Balaban J connectivity index is 1.50. The van der Waals surface area contributed by atoms with Crippen LogP contribution in [0.1, 0.15) is 31.7 Å². The summed E-state index contributed by atoms with van der Waals surface area (Å²) in [5, 5.41) is 1.24. The zero-order valence-corrected chi connectivity index (χ0v) is 21.9. The Labute approximate surface area is 221 Å². The molecular weight excluding hydrogens is 501 g/mol. The smallest absolute Gasteiger partial charge is 0.336 e. The zero-order chi connectivity index (χ0) is 25.8. The lowest BCUT2D eigenvalue weighted by atomic mass is 9.83. The molecule has 2 aliphatic heterocycles. The van der Waals surface area contributed by atoms with Gasteiger partial charge >= 0.3 is 5.97 Å². The largest absolute Gasteiger partial charge is 0.463 e. The molecule has 190 valence electrons. The summed E-state index contributed by atoms with van der Waals surface area (Å²) in [5.74, 6) is -1.29. The first-order valence-corrected chi connectivity index (χ1v) is 12.8. The summed E-state index contributed by atoms with van der Waals surface area (Å²) < 4.78 is 5.32. The van der Waals surface area contributed by atoms with Crippen LogP contribution in [-0.2, 0) is 19.1 Å². The topological polar surface area (TPSA) is 70.2 Å². The minimum atomic E-state index is -0.477. The van der Waals surface area contributed by atoms with Crippen molar-refractivity contribution in [2.45, 2.75) is 26.2 Å². The minimum Gasteiger partial charge on any atom is -0.463 e. The molecule has 0 spiro atoms. The summed E-state index contributed by atoms with van der Waals surface area (Å²) in [4.78, 5) is 44.7. The second-order valence-electron chi connectivity index (χ2n) is 8.86. The van der Waals surface area contributed by atoms with Crippen molar-refractivity contribution in [2.24, 2.45) is 0 Å². The van der Waals surface area contributed by atoms with Gasteiger partial charge in [0.25, 0.3) is 0 Å². The van der Waals surface area contributed by atoms with Crippen LogP contribution in [0.15, 0.2) is 59.8 Å². The van der Waals surface area contributed by atoms with Gasteiger partial charge in [-0.15, -0.1) is 0 Å². The first-order chi connectivity index (χ1) is 17.3. The van der Waals surface area contributed by atoms with Crippen LogP contribution in [-0.4, -0.2) is 66.9 Å². The number of carbonyl (C=O) groups excluding carboxylic acids is 3. The molecule has 1 atom stereocenters. The maximum absolute atomic E-state index is 13.2. The summed E-state index contributed by atoms with van der Waals surface area (Å²) in [7, 11) is 0. The van der Waals surface area contributed by atoms with Crippen LogP contribution >= 0.6 is 23.2 Å². The number of ether oxygens (including phenoxy) is 1. The summed E-state index contributed by atoms with van der Waals surface area (Å²) in [6.07, 6.45) is 0.0724. The highest BCUT2D eigenvalue weighted by atomic mass is 35.5. The molecule has 2 aromatic rings. The van der Waals surface area contributed by atoms with Gasteiger partial charge in [-0.1, -0.05) is 41.4 Å². The molecule has 1 unspecified atom stereocenters. The Morgan fingerprint density at radius 2 is 1.69 bits per heavy atom. The molecule has 0 bridgehead atoms. The number of hydrogen-bond acceptors (Lipinski definition) is 5. The number of carbonyl (C=O) groups is 3. The third kappa shape index (κ3) is 5.68. The third-order valence-electron chi connectivity index (χ3n) is 6.69. The number of piperazine rings is 1. The van der Waals surface area contributed by atoms with Gasteiger partial charge in [-0.2, -0.15) is 0 Å². The number of anilines is 1. The molecule has 2 heterocycles. The van der Waals surface area contributed by atoms with Crippen LogP contribution in [0.25, 0.3) is 0 Å². The highest BCUT2D eigenvalue weighted by molar-refractivity contribution is 6.31. The Kier molecular flexibility index (Phi) is 8.21. The molecule has 7 nitrogen and oxygen atoms in total. The van der Waals surface area contributed by atoms with Gasteiger partial charge in [-0.3, -0.25) is 9.59 Å². The molecule has 0 saturated carbocycles. The minimum absolute atomic E-state index is 0.0724. The second kappa shape index (κ2) is 11.4. The summed E-state index contributed by atoms with van der Waals surface area (Å²) in [5.41, 5.74) is 2.68. The maximum Gasteiger partial charge on any atom is 0.336 e. The van der Waals surface area contributed by atoms with E-state index in [1.807, 2.05) is 36.4 Å². The van der Waals surface area contributed by atoms with E-state index in [-0.39, 0.29) is 31.4 Å². The Hall–Kier alpha value is -3.03. The van der Waals surface area contributed by atoms with Gasteiger partial charge in [0.2, 0.25) is 11.8 Å². The molecule has 1 saturated heterocycles. The number of allylic oxidation sites excluding steroid dienone is 1. The van der Waals surface area contributed by atoms with Crippen molar-refractivity contribution >= 4 is 46.7 Å². The molecule has 1 fully saturated rings. The number of amides is 2. The van der Waals surface area contributed by atoms with Gasteiger partial charge in [0, 0.05) is 59.9 Å². The van der Waals surface area contributed by atoms with Gasteiger partial charge < -0.3 is 19.4 Å². The molecule has 2 aliphatic rings. The van der Waals surface area contributed by atoms with Gasteiger partial charge in [-0.25, -0.2) is 4.79 Å². The summed E-state index contributed by atoms with van der Waals surface area (Å²) in [6.45, 7) is 5.95. The van der Waals surface area contributed by atoms with E-state index < -0.39 is 11.9 Å². The first-order valence-electron chi connectivity index (χ1n) is 12.0. The van der Waals surface area contributed by atoms with Crippen LogP contribution < -0.4 is 4.90 Å². The Morgan fingerprint density at radius 1 is 1.00 bits per heavy atom. The van der Waals surface area contributed by atoms with Crippen molar-refractivity contribution in [2.75, 3.05) is 44.2 Å². The van der Waals surface area contributed by atoms with E-state index >= 15 is 0 Å². The molecule has 2 aromatic carbocycles. The van der Waals surface area contributed by atoms with E-state index in [4.69, 9.17) is 27.9 Å². The van der Waals surface area contributed by atoms with Crippen LogP contribution in [0.4, 0.5) is 5.69 Å². The van der Waals surface area contributed by atoms with E-state index in [0.717, 1.165) is 11.3 Å². The Morgan fingerprint density at radius 3 is 2.33 bits per heavy atom. The highest BCUT2D eigenvalue weighted by Crippen LogP contribution is 2.37. The second-order valence-corrected chi connectivity index (χ2v) is 9.73. The van der Waals surface area contributed by atoms with Gasteiger partial charge in [0.05, 0.1) is 12.2 Å². The van der Waals surface area contributed by atoms with Crippen LogP contribution in [0, 0.1) is 0 Å². The third-order valence-corrected chi connectivity index (χ3v) is 7.18. The van der Waals surface area contributed by atoms with E-state index in [1.165, 1.54) is 4.90 Å². The highest BCUT2D eigenvalue weighted by Gasteiger charge is 2.38. The summed E-state index contributed by atoms with van der Waals surface area (Å²) in [6, 6.07) is 14.7. The first kappa shape index (κ1) is 26.0. The maximum atomic E-state index is 13.2. The molecule has 0 radical (unpaired) electrons. The molecule has 36 heavy (non-hydrogen) atoms. The van der Waals surface area contributed by atoms with E-state index in [9.17, 15) is 14.4 Å². The number of benzene rings is 2. The van der Waals surface area contributed by atoms with Crippen molar-refractivity contribution in [1.29, 1.82) is 0 Å². The monoisotopic (exact) mass is 529 g/mol. The number of halogens is 2. The van der Waals surface area contributed by atoms with E-state index in [1.54, 1.807) is 30.9 Å². The molecule has 4 rings (SSSR count). The molecule has 9 heteroatoms. The summed E-state index contributed by atoms with van der Waals surface area (Å²) >= 11 is 12.1. The quantitative estimate of drug-likeness (QED) is 0.515. The van der Waals surface area contributed by atoms with Crippen LogP contribution in [0.3, 0.4) is 0 Å². The van der Waals surface area contributed by atoms with Gasteiger partial charge in [-0.05, 0) is 49.7 Å². The lowest BCUT2D eigenvalue weighted by molar-refractivity contribution is -0.142. The van der Waals surface area contributed by atoms with Crippen LogP contribution in [0.2, 0.25) is 10.0 Å². The van der Waals surface area contributed by atoms with Gasteiger partial charge in [0.1, 0.15) is 6.54 Å². The zero-order valence-electron chi connectivity index (χ0n) is 20.4. The van der Waals surface area contributed by atoms with Crippen molar-refractivity contribution in [3.05, 3.63) is 75.4 Å². The van der Waals surface area contributed by atoms with E-state index in [0.29, 0.717) is 47.5 Å². The predicted molar refractivity (Wildman–Crippen MR) is 140 cm³/mol. The lowest BCUT2D eigenvalue weighted by Crippen LogP contribution is -2.52. The fraction of sp³-hybridized carbons (Fsp3) is 0.370. The number of esters is 1. The molecule has 0 aromatic heterocycles. The van der Waals surface area contributed by atoms with E-state index in [2.05, 4.69) is 4.90 Å². The normalized spacial score (nSPS) is 18.5. The van der Waals surface area contributed by atoms with Crippen molar-refractivity contribution < 1.29 is 19.1 Å². The van der Waals surface area contributed by atoms with Crippen molar-refractivity contribution in [3.63, 3.8) is 0 Å². The van der Waals surface area contributed by atoms with Crippen LogP contribution in [0.5, 0.6) is 0 Å². The number of nitrogens with zero attached hydrogens (tertiary/aromatic N) is 3. The molecule has 0 N–H and O–H groups in total. The molecule has 0 aliphatic carbocycles. The fourth-order valence-corrected chi connectivity index (χ4v) is 5.09. The predicted octanol–water partition coefficient (Wildman–Crippen LogP) is 4.50. The van der Waals surface area contributed by atoms with Crippen molar-refractivity contribution in [3.8, 4) is 0 Å². The number of hydrogen-bond donors (Lipinski definition) is 0. The lowest BCUT2D eigenvalue weighted by Gasteiger charge is -2.38. The van der Waals surface area contributed by atoms with Crippen molar-refractivity contribution in [1.82, 2.24) is 9.80 Å². The SMILES string of the molecule is CCOC(=O)C1=C(C)N(CC(=O)N2CCN(c3cccc(Cl)c3)CC2)C(=O)CC1c1ccc(Cl)cc1. The molecular formula is C27H29Cl2N3O4. The fourth-order valence-electron chi connectivity index (χ4n) is 4.78. The number of rotatable bonds is 6. The molecule has 2 amide bonds. The van der Waals surface area contributed by atoms with Gasteiger partial charge in [0.15, 0.2) is 0 Å². The Bertz CT molecular complexity index is 1170. The standard InChI is InChI=1S/C27H29Cl2N3O4/c1-3-36-27(35)26-18(2)32(24(33)16-23(26)19-7-9-20(28)10-8-19)17-25(34)31-13-11-30(12-14-31)22-6-4-5-21(29)15-22/h4-10,15,23H,3,11-14,16-17H2,1-2H3. The average molecular weight is 530 g/mol. The average Bonchev–Trinajstić information content (AvgIpc) is 2.86.